The third kappa shape index (κ3) is 1.96. The molecule has 0 unspecified atom stereocenters. The van der Waals surface area contributed by atoms with Crippen LogP contribution < -0.4 is 10.5 Å². The monoisotopic (exact) mass is 272 g/mol. The molecule has 0 atom stereocenters. The quantitative estimate of drug-likeness (QED) is 0.768. The third-order valence-corrected chi connectivity index (χ3v) is 3.68. The van der Waals surface area contributed by atoms with Crippen molar-refractivity contribution in [1.82, 2.24) is 15.2 Å². The van der Waals surface area contributed by atoms with Crippen molar-refractivity contribution in [2.45, 2.75) is 0 Å². The summed E-state index contributed by atoms with van der Waals surface area (Å²) >= 11 is 1.62. The Hall–Kier alpha value is -2.34. The van der Waals surface area contributed by atoms with Crippen LogP contribution in [0.2, 0.25) is 0 Å². The zero-order valence-electron chi connectivity index (χ0n) is 10.3. The van der Waals surface area contributed by atoms with E-state index < -0.39 is 0 Å². The molecule has 19 heavy (non-hydrogen) atoms. The summed E-state index contributed by atoms with van der Waals surface area (Å²) in [6.45, 7) is 0. The summed E-state index contributed by atoms with van der Waals surface area (Å²) in [5.74, 6) is 1.02. The van der Waals surface area contributed by atoms with Crippen LogP contribution in [0.15, 0.2) is 35.8 Å². The Bertz CT molecular complexity index is 690. The molecule has 0 saturated carbocycles. The van der Waals surface area contributed by atoms with Gasteiger partial charge < -0.3 is 10.5 Å². The Morgan fingerprint density at radius 3 is 2.95 bits per heavy atom. The molecule has 0 saturated heterocycles. The molecular weight excluding hydrogens is 260 g/mol. The van der Waals surface area contributed by atoms with Gasteiger partial charge in [-0.3, -0.25) is 5.10 Å². The predicted octanol–water partition coefficient (Wildman–Crippen LogP) is 2.79. The molecule has 5 nitrogen and oxygen atoms in total. The summed E-state index contributed by atoms with van der Waals surface area (Å²) < 4.78 is 5.29. The third-order valence-electron chi connectivity index (χ3n) is 2.80. The van der Waals surface area contributed by atoms with E-state index in [1.165, 1.54) is 0 Å². The van der Waals surface area contributed by atoms with Gasteiger partial charge >= 0.3 is 0 Å². The van der Waals surface area contributed by atoms with Gasteiger partial charge in [0.1, 0.15) is 0 Å². The molecule has 0 spiro atoms. The van der Waals surface area contributed by atoms with Crippen LogP contribution in [-0.2, 0) is 0 Å². The molecule has 6 heteroatoms. The molecule has 3 aromatic heterocycles. The van der Waals surface area contributed by atoms with Crippen LogP contribution in [0.3, 0.4) is 0 Å². The van der Waals surface area contributed by atoms with Gasteiger partial charge in [0, 0.05) is 11.1 Å². The molecule has 3 rings (SSSR count). The lowest BCUT2D eigenvalue weighted by atomic mass is 10.1. The van der Waals surface area contributed by atoms with E-state index in [1.54, 1.807) is 24.6 Å². The Kier molecular flexibility index (Phi) is 2.92. The van der Waals surface area contributed by atoms with Crippen molar-refractivity contribution in [1.29, 1.82) is 0 Å². The van der Waals surface area contributed by atoms with E-state index in [1.807, 2.05) is 29.6 Å². The number of H-pyrrole nitrogens is 1. The minimum atomic E-state index is 0.475. The van der Waals surface area contributed by atoms with Crippen molar-refractivity contribution in [3.8, 4) is 27.6 Å². The van der Waals surface area contributed by atoms with Gasteiger partial charge in [0.15, 0.2) is 5.82 Å². The largest absolute Gasteiger partial charge is 0.481 e. The maximum absolute atomic E-state index is 5.96. The average molecular weight is 272 g/mol. The lowest BCUT2D eigenvalue weighted by molar-refractivity contribution is 0.399. The van der Waals surface area contributed by atoms with E-state index in [0.29, 0.717) is 11.7 Å². The van der Waals surface area contributed by atoms with Crippen molar-refractivity contribution in [2.75, 3.05) is 12.8 Å². The smallest absolute Gasteiger partial charge is 0.222 e. The minimum Gasteiger partial charge on any atom is -0.481 e. The number of hydrogen-bond donors (Lipinski definition) is 2. The average Bonchev–Trinajstić information content (AvgIpc) is 3.07. The van der Waals surface area contributed by atoms with E-state index in [2.05, 4.69) is 15.2 Å². The number of aromatic nitrogens is 3. The maximum atomic E-state index is 5.96. The number of ether oxygens (including phenoxy) is 1. The highest BCUT2D eigenvalue weighted by molar-refractivity contribution is 7.13. The maximum Gasteiger partial charge on any atom is 0.222 e. The number of methoxy groups -OCH3 is 1. The second-order valence-corrected chi connectivity index (χ2v) is 4.84. The standard InChI is InChI=1S/C13H12N4OS/c1-18-13-8(4-2-6-15-13)11-10(12(14)17-16-11)9-5-3-7-19-9/h2-7H,1H3,(H3,14,16,17). The fraction of sp³-hybridized carbons (Fsp3) is 0.0769. The number of pyridine rings is 1. The number of anilines is 1. The van der Waals surface area contributed by atoms with Crippen LogP contribution in [0.5, 0.6) is 5.88 Å². The van der Waals surface area contributed by atoms with Gasteiger partial charge in [-0.2, -0.15) is 5.10 Å². The Morgan fingerprint density at radius 2 is 2.21 bits per heavy atom. The van der Waals surface area contributed by atoms with E-state index in [9.17, 15) is 0 Å². The van der Waals surface area contributed by atoms with E-state index >= 15 is 0 Å². The first-order valence-electron chi connectivity index (χ1n) is 5.68. The van der Waals surface area contributed by atoms with Crippen molar-refractivity contribution in [3.05, 3.63) is 35.8 Å². The fourth-order valence-electron chi connectivity index (χ4n) is 1.96. The Morgan fingerprint density at radius 1 is 1.32 bits per heavy atom. The van der Waals surface area contributed by atoms with Crippen molar-refractivity contribution in [2.24, 2.45) is 0 Å². The molecule has 0 amide bonds. The summed E-state index contributed by atoms with van der Waals surface area (Å²) in [5, 5.41) is 9.07. The normalized spacial score (nSPS) is 10.6. The molecule has 0 fully saturated rings. The number of rotatable bonds is 3. The van der Waals surface area contributed by atoms with E-state index in [-0.39, 0.29) is 0 Å². The fourth-order valence-corrected chi connectivity index (χ4v) is 2.75. The van der Waals surface area contributed by atoms with Gasteiger partial charge in [0.25, 0.3) is 0 Å². The number of hydrogen-bond acceptors (Lipinski definition) is 5. The first kappa shape index (κ1) is 11.7. The lowest BCUT2D eigenvalue weighted by Crippen LogP contribution is -1.92. The van der Waals surface area contributed by atoms with Gasteiger partial charge in [0.2, 0.25) is 5.88 Å². The first-order valence-corrected chi connectivity index (χ1v) is 6.56. The van der Waals surface area contributed by atoms with Gasteiger partial charge in [-0.15, -0.1) is 11.3 Å². The number of thiophene rings is 1. The molecule has 3 aromatic rings. The molecule has 3 N–H and O–H groups in total. The molecule has 0 aromatic carbocycles. The summed E-state index contributed by atoms with van der Waals surface area (Å²) in [7, 11) is 1.59. The zero-order chi connectivity index (χ0) is 13.2. The Labute approximate surface area is 114 Å². The molecule has 0 aliphatic heterocycles. The highest BCUT2D eigenvalue weighted by Gasteiger charge is 2.18. The highest BCUT2D eigenvalue weighted by atomic mass is 32.1. The predicted molar refractivity (Wildman–Crippen MR) is 76.1 cm³/mol. The van der Waals surface area contributed by atoms with Crippen LogP contribution >= 0.6 is 11.3 Å². The zero-order valence-corrected chi connectivity index (χ0v) is 11.1. The van der Waals surface area contributed by atoms with Gasteiger partial charge in [-0.25, -0.2) is 4.98 Å². The number of nitrogens with zero attached hydrogens (tertiary/aromatic N) is 2. The molecule has 0 bridgehead atoms. The first-order chi connectivity index (χ1) is 9.31. The molecule has 0 aliphatic carbocycles. The second-order valence-electron chi connectivity index (χ2n) is 3.90. The van der Waals surface area contributed by atoms with Crippen LogP contribution in [0.25, 0.3) is 21.7 Å². The summed E-state index contributed by atoms with van der Waals surface area (Å²) in [6, 6.07) is 7.78. The topological polar surface area (TPSA) is 76.8 Å². The number of nitrogens with two attached hydrogens (primary N) is 1. The molecule has 0 aliphatic rings. The van der Waals surface area contributed by atoms with Crippen molar-refractivity contribution in [3.63, 3.8) is 0 Å². The SMILES string of the molecule is COc1ncccc1-c1[nH]nc(N)c1-c1cccs1. The number of aromatic amines is 1. The summed E-state index contributed by atoms with van der Waals surface area (Å²) in [5.41, 5.74) is 8.52. The van der Waals surface area contributed by atoms with Crippen molar-refractivity contribution >= 4 is 17.2 Å². The van der Waals surface area contributed by atoms with Crippen LogP contribution in [0, 0.1) is 0 Å². The van der Waals surface area contributed by atoms with Gasteiger partial charge in [-0.05, 0) is 23.6 Å². The Balaban J connectivity index is 2.22. The highest BCUT2D eigenvalue weighted by Crippen LogP contribution is 2.39. The van der Waals surface area contributed by atoms with Gasteiger partial charge in [0.05, 0.1) is 23.9 Å². The molecular formula is C13H12N4OS. The van der Waals surface area contributed by atoms with E-state index in [4.69, 9.17) is 10.5 Å². The summed E-state index contributed by atoms with van der Waals surface area (Å²) in [4.78, 5) is 5.26. The van der Waals surface area contributed by atoms with Crippen LogP contribution in [0.1, 0.15) is 0 Å². The summed E-state index contributed by atoms with van der Waals surface area (Å²) in [6.07, 6.45) is 1.69. The minimum absolute atomic E-state index is 0.475. The molecule has 96 valence electrons. The van der Waals surface area contributed by atoms with Crippen LogP contribution in [0.4, 0.5) is 5.82 Å². The molecule has 3 heterocycles. The number of nitrogens with one attached hydrogen (secondary N) is 1. The number of nitrogen functional groups attached to an aromatic ring is 1. The second kappa shape index (κ2) is 4.74. The van der Waals surface area contributed by atoms with E-state index in [0.717, 1.165) is 21.7 Å². The molecule has 0 radical (unpaired) electrons. The lowest BCUT2D eigenvalue weighted by Gasteiger charge is -2.06. The van der Waals surface area contributed by atoms with Crippen molar-refractivity contribution < 1.29 is 4.74 Å². The van der Waals surface area contributed by atoms with Crippen LogP contribution in [-0.4, -0.2) is 22.3 Å². The van der Waals surface area contributed by atoms with Gasteiger partial charge in [-0.1, -0.05) is 6.07 Å².